The molecule has 2 N–H and O–H groups in total. The summed E-state index contributed by atoms with van der Waals surface area (Å²) in [5.41, 5.74) is 1.29. The molecule has 4 aliphatic rings. The highest BCUT2D eigenvalue weighted by atomic mass is 16.3. The van der Waals surface area contributed by atoms with Crippen LogP contribution in [0.15, 0.2) is 36.4 Å². The van der Waals surface area contributed by atoms with Crippen molar-refractivity contribution in [3.63, 3.8) is 0 Å². The number of nitrogens with zero attached hydrogens (tertiary/aromatic N) is 1. The average molecular weight is 312 g/mol. The second-order valence-corrected chi connectivity index (χ2v) is 7.08. The number of hydrogen-bond donors (Lipinski definition) is 2. The SMILES string of the molecule is CCNCC1C2C=CC3N(C2C(C)c2ccc(C=O)cc2)C13O. The predicted molar refractivity (Wildman–Crippen MR) is 89.3 cm³/mol. The van der Waals surface area contributed by atoms with Gasteiger partial charge in [0.2, 0.25) is 0 Å². The molecule has 7 atom stereocenters. The molecule has 0 saturated carbocycles. The summed E-state index contributed by atoms with van der Waals surface area (Å²) >= 11 is 0. The molecule has 122 valence electrons. The van der Waals surface area contributed by atoms with Crippen LogP contribution in [0.25, 0.3) is 0 Å². The van der Waals surface area contributed by atoms with Gasteiger partial charge in [0.15, 0.2) is 0 Å². The molecule has 23 heavy (non-hydrogen) atoms. The largest absolute Gasteiger partial charge is 0.373 e. The maximum Gasteiger partial charge on any atom is 0.150 e. The molecule has 2 saturated heterocycles. The maximum absolute atomic E-state index is 11.1. The number of nitrogens with one attached hydrogen (secondary N) is 1. The first-order valence-corrected chi connectivity index (χ1v) is 8.58. The molecule has 7 unspecified atom stereocenters. The lowest BCUT2D eigenvalue weighted by atomic mass is 9.74. The highest BCUT2D eigenvalue weighted by Crippen LogP contribution is 2.63. The van der Waals surface area contributed by atoms with Crippen molar-refractivity contribution in [1.82, 2.24) is 10.2 Å². The summed E-state index contributed by atoms with van der Waals surface area (Å²) in [6, 6.07) is 8.37. The fourth-order valence-corrected chi connectivity index (χ4v) is 4.83. The Balaban J connectivity index is 1.60. The van der Waals surface area contributed by atoms with Crippen LogP contribution in [0.1, 0.15) is 35.7 Å². The summed E-state index contributed by atoms with van der Waals surface area (Å²) in [5.74, 6) is 0.970. The monoisotopic (exact) mass is 312 g/mol. The fraction of sp³-hybridized carbons (Fsp3) is 0.526. The van der Waals surface area contributed by atoms with E-state index in [4.69, 9.17) is 0 Å². The topological polar surface area (TPSA) is 52.3 Å². The number of hydrogen-bond acceptors (Lipinski definition) is 4. The third-order valence-electron chi connectivity index (χ3n) is 6.05. The molecule has 5 rings (SSSR count). The molecular formula is C19H24N2O2. The second kappa shape index (κ2) is 5.26. The van der Waals surface area contributed by atoms with Gasteiger partial charge in [0.25, 0.3) is 0 Å². The Labute approximate surface area is 137 Å². The first-order chi connectivity index (χ1) is 11.1. The number of benzene rings is 1. The van der Waals surface area contributed by atoms with Crippen molar-refractivity contribution in [2.24, 2.45) is 11.8 Å². The van der Waals surface area contributed by atoms with Gasteiger partial charge in [-0.2, -0.15) is 0 Å². The van der Waals surface area contributed by atoms with E-state index in [1.165, 1.54) is 5.56 Å². The van der Waals surface area contributed by atoms with Gasteiger partial charge in [0, 0.05) is 30.0 Å². The zero-order chi connectivity index (χ0) is 16.2. The van der Waals surface area contributed by atoms with Crippen LogP contribution in [-0.2, 0) is 0 Å². The first kappa shape index (κ1) is 15.1. The first-order valence-electron chi connectivity index (χ1n) is 8.58. The van der Waals surface area contributed by atoms with Crippen molar-refractivity contribution < 1.29 is 9.90 Å². The smallest absolute Gasteiger partial charge is 0.150 e. The van der Waals surface area contributed by atoms with Gasteiger partial charge in [0.05, 0.1) is 6.04 Å². The van der Waals surface area contributed by atoms with E-state index in [2.05, 4.69) is 36.2 Å². The van der Waals surface area contributed by atoms with E-state index in [9.17, 15) is 9.90 Å². The fourth-order valence-electron chi connectivity index (χ4n) is 4.83. The number of piperidine rings is 1. The van der Waals surface area contributed by atoms with Crippen LogP contribution in [0, 0.1) is 11.8 Å². The van der Waals surface area contributed by atoms with Crippen molar-refractivity contribution in [1.29, 1.82) is 0 Å². The normalized spacial score (nSPS) is 40.9. The molecule has 1 aromatic rings. The standard InChI is InChI=1S/C19H24N2O2/c1-3-20-10-16-15-8-9-17-19(16,23)21(17)18(15)12(2)14-6-4-13(11-22)5-7-14/h4-9,11-12,15-18,20,23H,3,10H2,1-2H3. The number of carbonyl (C=O) groups is 1. The lowest BCUT2D eigenvalue weighted by molar-refractivity contribution is 0.0526. The third kappa shape index (κ3) is 1.98. The van der Waals surface area contributed by atoms with Crippen molar-refractivity contribution >= 4 is 6.29 Å². The molecule has 2 fully saturated rings. The number of rotatable bonds is 6. The van der Waals surface area contributed by atoms with E-state index in [1.807, 2.05) is 24.3 Å². The number of carbonyl (C=O) groups excluding carboxylic acids is 1. The Morgan fingerprint density at radius 3 is 2.74 bits per heavy atom. The van der Waals surface area contributed by atoms with Crippen LogP contribution in [-0.4, -0.2) is 47.2 Å². The maximum atomic E-state index is 11.1. The molecule has 4 nitrogen and oxygen atoms in total. The summed E-state index contributed by atoms with van der Waals surface area (Å²) in [7, 11) is 0. The van der Waals surface area contributed by atoms with Gasteiger partial charge in [0.1, 0.15) is 12.0 Å². The highest BCUT2D eigenvalue weighted by Gasteiger charge is 2.77. The van der Waals surface area contributed by atoms with Crippen LogP contribution < -0.4 is 5.32 Å². The summed E-state index contributed by atoms with van der Waals surface area (Å²) < 4.78 is 0. The molecule has 3 aliphatic heterocycles. The van der Waals surface area contributed by atoms with E-state index in [-0.39, 0.29) is 12.0 Å². The highest BCUT2D eigenvalue weighted by molar-refractivity contribution is 5.74. The van der Waals surface area contributed by atoms with E-state index < -0.39 is 5.72 Å². The average Bonchev–Trinajstić information content (AvgIpc) is 3.15. The Morgan fingerprint density at radius 1 is 1.35 bits per heavy atom. The minimum absolute atomic E-state index is 0.179. The van der Waals surface area contributed by atoms with E-state index >= 15 is 0 Å². The Kier molecular flexibility index (Phi) is 3.45. The molecule has 1 aliphatic carbocycles. The lowest BCUT2D eigenvalue weighted by Crippen LogP contribution is -2.42. The number of aldehydes is 1. The van der Waals surface area contributed by atoms with E-state index in [1.54, 1.807) is 0 Å². The van der Waals surface area contributed by atoms with Crippen LogP contribution in [0.5, 0.6) is 0 Å². The number of aliphatic hydroxyl groups is 1. The summed E-state index contributed by atoms with van der Waals surface area (Å²) in [5, 5.41) is 14.5. The zero-order valence-corrected chi connectivity index (χ0v) is 13.6. The molecule has 4 bridgehead atoms. The zero-order valence-electron chi connectivity index (χ0n) is 13.6. The third-order valence-corrected chi connectivity index (χ3v) is 6.05. The van der Waals surface area contributed by atoms with Gasteiger partial charge < -0.3 is 10.4 Å². The molecule has 0 spiro atoms. The van der Waals surface area contributed by atoms with Crippen molar-refractivity contribution in [2.45, 2.75) is 37.6 Å². The second-order valence-electron chi connectivity index (χ2n) is 7.08. The van der Waals surface area contributed by atoms with Crippen molar-refractivity contribution in [3.05, 3.63) is 47.5 Å². The molecule has 0 radical (unpaired) electrons. The van der Waals surface area contributed by atoms with Crippen molar-refractivity contribution in [3.8, 4) is 0 Å². The Morgan fingerprint density at radius 2 is 2.09 bits per heavy atom. The van der Waals surface area contributed by atoms with E-state index in [0.29, 0.717) is 23.4 Å². The van der Waals surface area contributed by atoms with E-state index in [0.717, 1.165) is 19.4 Å². The van der Waals surface area contributed by atoms with Crippen LogP contribution >= 0.6 is 0 Å². The molecule has 4 heteroatoms. The van der Waals surface area contributed by atoms with Crippen molar-refractivity contribution in [2.75, 3.05) is 13.1 Å². The van der Waals surface area contributed by atoms with Crippen LogP contribution in [0.4, 0.5) is 0 Å². The van der Waals surface area contributed by atoms with Gasteiger partial charge in [-0.25, -0.2) is 0 Å². The van der Waals surface area contributed by atoms with Crippen LogP contribution in [0.3, 0.4) is 0 Å². The van der Waals surface area contributed by atoms with Gasteiger partial charge in [-0.05, 0) is 18.0 Å². The van der Waals surface area contributed by atoms with Gasteiger partial charge in [-0.1, -0.05) is 50.3 Å². The predicted octanol–water partition coefficient (Wildman–Crippen LogP) is 1.77. The summed E-state index contributed by atoms with van der Waals surface area (Å²) in [4.78, 5) is 13.1. The van der Waals surface area contributed by atoms with Gasteiger partial charge in [-0.15, -0.1) is 0 Å². The molecule has 3 heterocycles. The molecular weight excluding hydrogens is 288 g/mol. The molecule has 0 amide bonds. The Bertz CT molecular complexity index is 641. The Hall–Kier alpha value is -1.49. The van der Waals surface area contributed by atoms with Gasteiger partial charge in [-0.3, -0.25) is 9.69 Å². The minimum atomic E-state index is -0.650. The minimum Gasteiger partial charge on any atom is -0.373 e. The molecule has 1 aromatic carbocycles. The summed E-state index contributed by atoms with van der Waals surface area (Å²) in [6.45, 7) is 6.13. The van der Waals surface area contributed by atoms with Crippen LogP contribution in [0.2, 0.25) is 0 Å². The summed E-state index contributed by atoms with van der Waals surface area (Å²) in [6.07, 6.45) is 5.36. The lowest BCUT2D eigenvalue weighted by Gasteiger charge is -2.34. The van der Waals surface area contributed by atoms with Gasteiger partial charge >= 0.3 is 0 Å². The quantitative estimate of drug-likeness (QED) is 0.477. The molecule has 0 aromatic heterocycles.